The number of carboxylic acid groups (broad SMARTS) is 1. The lowest BCUT2D eigenvalue weighted by molar-refractivity contribution is -0.141. The lowest BCUT2D eigenvalue weighted by Gasteiger charge is -2.24. The number of nitrogens with zero attached hydrogens (tertiary/aromatic N) is 1. The van der Waals surface area contributed by atoms with Crippen LogP contribution in [0.4, 0.5) is 0 Å². The average Bonchev–Trinajstić information content (AvgIpc) is 2.67. The zero-order valence-corrected chi connectivity index (χ0v) is 10.8. The molecule has 0 unspecified atom stereocenters. The molecule has 1 saturated heterocycles. The van der Waals surface area contributed by atoms with Crippen molar-refractivity contribution in [3.8, 4) is 0 Å². The van der Waals surface area contributed by atoms with E-state index < -0.39 is 11.9 Å². The van der Waals surface area contributed by atoms with E-state index in [1.54, 1.807) is 4.90 Å². The van der Waals surface area contributed by atoms with Gasteiger partial charge in [0.05, 0.1) is 5.92 Å². The maximum atomic E-state index is 11.7. The number of unbranched alkanes of at least 4 members (excludes halogenated alkanes) is 3. The predicted molar refractivity (Wildman–Crippen MR) is 65.7 cm³/mol. The van der Waals surface area contributed by atoms with Crippen molar-refractivity contribution in [2.24, 2.45) is 5.92 Å². The van der Waals surface area contributed by atoms with Crippen molar-refractivity contribution in [2.45, 2.75) is 58.4 Å². The molecule has 1 aliphatic heterocycles. The number of hydrogen-bond acceptors (Lipinski definition) is 2. The van der Waals surface area contributed by atoms with Gasteiger partial charge in [-0.2, -0.15) is 0 Å². The smallest absolute Gasteiger partial charge is 0.308 e. The van der Waals surface area contributed by atoms with E-state index in [2.05, 4.69) is 6.92 Å². The lowest BCUT2D eigenvalue weighted by atomic mass is 10.1. The van der Waals surface area contributed by atoms with Crippen LogP contribution in [0.15, 0.2) is 0 Å². The van der Waals surface area contributed by atoms with Crippen molar-refractivity contribution in [2.75, 3.05) is 6.54 Å². The summed E-state index contributed by atoms with van der Waals surface area (Å²) in [7, 11) is 0. The number of rotatable bonds is 7. The number of carbonyl (C=O) groups excluding carboxylic acids is 1. The second-order valence-electron chi connectivity index (χ2n) is 4.98. The summed E-state index contributed by atoms with van der Waals surface area (Å²) in [5, 5.41) is 8.90. The average molecular weight is 241 g/mol. The number of amides is 1. The molecule has 0 aromatic rings. The second kappa shape index (κ2) is 6.62. The third-order valence-electron chi connectivity index (χ3n) is 3.52. The molecule has 0 aromatic carbocycles. The van der Waals surface area contributed by atoms with Gasteiger partial charge in [-0.1, -0.05) is 32.6 Å². The summed E-state index contributed by atoms with van der Waals surface area (Å²) in [6.45, 7) is 4.59. The molecule has 1 N–H and O–H groups in total. The standard InChI is InChI=1S/C13H23NO3/c1-3-4-5-6-7-10(2)14-9-11(13(16)17)8-12(14)15/h10-11H,3-9H2,1-2H3,(H,16,17)/t10-,11-/m0/s1. The molecule has 0 radical (unpaired) electrons. The first-order valence-corrected chi connectivity index (χ1v) is 6.58. The molecule has 1 fully saturated rings. The zero-order valence-electron chi connectivity index (χ0n) is 10.8. The molecular formula is C13H23NO3. The molecule has 0 aromatic heterocycles. The molecule has 1 rings (SSSR count). The fourth-order valence-corrected chi connectivity index (χ4v) is 2.35. The van der Waals surface area contributed by atoms with Crippen molar-refractivity contribution in [1.29, 1.82) is 0 Å². The van der Waals surface area contributed by atoms with Crippen molar-refractivity contribution < 1.29 is 14.7 Å². The van der Waals surface area contributed by atoms with Gasteiger partial charge < -0.3 is 10.0 Å². The van der Waals surface area contributed by atoms with Gasteiger partial charge in [0.1, 0.15) is 0 Å². The third kappa shape index (κ3) is 4.02. The van der Waals surface area contributed by atoms with Gasteiger partial charge in [-0.15, -0.1) is 0 Å². The minimum Gasteiger partial charge on any atom is -0.481 e. The van der Waals surface area contributed by atoms with E-state index in [0.29, 0.717) is 6.54 Å². The molecule has 1 aliphatic rings. The first-order chi connectivity index (χ1) is 8.06. The van der Waals surface area contributed by atoms with E-state index in [0.717, 1.165) is 12.8 Å². The van der Waals surface area contributed by atoms with Crippen LogP contribution < -0.4 is 0 Å². The number of carboxylic acids is 1. The third-order valence-corrected chi connectivity index (χ3v) is 3.52. The molecule has 0 saturated carbocycles. The van der Waals surface area contributed by atoms with Crippen molar-refractivity contribution in [3.05, 3.63) is 0 Å². The van der Waals surface area contributed by atoms with Crippen LogP contribution >= 0.6 is 0 Å². The zero-order chi connectivity index (χ0) is 12.8. The summed E-state index contributed by atoms with van der Waals surface area (Å²) < 4.78 is 0. The molecular weight excluding hydrogens is 218 g/mol. The van der Waals surface area contributed by atoms with E-state index in [-0.39, 0.29) is 18.4 Å². The minimum atomic E-state index is -0.848. The van der Waals surface area contributed by atoms with Crippen LogP contribution in [0, 0.1) is 5.92 Å². The summed E-state index contributed by atoms with van der Waals surface area (Å²) in [6, 6.07) is 0.184. The van der Waals surface area contributed by atoms with Crippen molar-refractivity contribution in [3.63, 3.8) is 0 Å². The Kier molecular flexibility index (Phi) is 5.45. The van der Waals surface area contributed by atoms with E-state index >= 15 is 0 Å². The Labute approximate surface area is 103 Å². The summed E-state index contributed by atoms with van der Waals surface area (Å²) in [6.07, 6.45) is 5.92. The van der Waals surface area contributed by atoms with Gasteiger partial charge in [0.25, 0.3) is 0 Å². The molecule has 0 aliphatic carbocycles. The topological polar surface area (TPSA) is 57.6 Å². The minimum absolute atomic E-state index is 0.000363. The summed E-state index contributed by atoms with van der Waals surface area (Å²) in [5.41, 5.74) is 0. The van der Waals surface area contributed by atoms with Gasteiger partial charge in [-0.3, -0.25) is 9.59 Å². The number of aliphatic carboxylic acids is 1. The van der Waals surface area contributed by atoms with Crippen LogP contribution in [-0.4, -0.2) is 34.5 Å². The highest BCUT2D eigenvalue weighted by Crippen LogP contribution is 2.22. The predicted octanol–water partition coefficient (Wildman–Crippen LogP) is 2.28. The lowest BCUT2D eigenvalue weighted by Crippen LogP contribution is -2.34. The maximum absolute atomic E-state index is 11.7. The van der Waals surface area contributed by atoms with E-state index in [9.17, 15) is 9.59 Å². The van der Waals surface area contributed by atoms with Crippen LogP contribution in [0.2, 0.25) is 0 Å². The quantitative estimate of drug-likeness (QED) is 0.696. The SMILES string of the molecule is CCCCCC[C@H](C)N1C[C@@H](C(=O)O)CC1=O. The monoisotopic (exact) mass is 241 g/mol. The first kappa shape index (κ1) is 14.0. The Morgan fingerprint density at radius 1 is 1.47 bits per heavy atom. The van der Waals surface area contributed by atoms with Gasteiger partial charge in [-0.05, 0) is 13.3 Å². The van der Waals surface area contributed by atoms with Crippen molar-refractivity contribution in [1.82, 2.24) is 4.90 Å². The van der Waals surface area contributed by atoms with Crippen LogP contribution in [0.5, 0.6) is 0 Å². The molecule has 4 nitrogen and oxygen atoms in total. The molecule has 98 valence electrons. The molecule has 1 amide bonds. The Morgan fingerprint density at radius 2 is 2.18 bits per heavy atom. The molecule has 0 spiro atoms. The Balaban J connectivity index is 2.34. The van der Waals surface area contributed by atoms with E-state index in [1.807, 2.05) is 6.92 Å². The summed E-state index contributed by atoms with van der Waals surface area (Å²) in [4.78, 5) is 24.3. The normalized spacial score (nSPS) is 21.9. The van der Waals surface area contributed by atoms with Gasteiger partial charge in [-0.25, -0.2) is 0 Å². The van der Waals surface area contributed by atoms with Crippen LogP contribution in [0.25, 0.3) is 0 Å². The van der Waals surface area contributed by atoms with Gasteiger partial charge in [0.2, 0.25) is 5.91 Å². The molecule has 17 heavy (non-hydrogen) atoms. The highest BCUT2D eigenvalue weighted by Gasteiger charge is 2.36. The fourth-order valence-electron chi connectivity index (χ4n) is 2.35. The number of likely N-dealkylation sites (tertiary alicyclic amines) is 1. The fraction of sp³-hybridized carbons (Fsp3) is 0.846. The maximum Gasteiger partial charge on any atom is 0.308 e. The van der Waals surface area contributed by atoms with Crippen LogP contribution in [-0.2, 0) is 9.59 Å². The number of carbonyl (C=O) groups is 2. The van der Waals surface area contributed by atoms with E-state index in [1.165, 1.54) is 19.3 Å². The Hall–Kier alpha value is -1.06. The highest BCUT2D eigenvalue weighted by atomic mass is 16.4. The molecule has 4 heteroatoms. The molecule has 2 atom stereocenters. The molecule has 0 bridgehead atoms. The van der Waals surface area contributed by atoms with Gasteiger partial charge in [0, 0.05) is 19.0 Å². The van der Waals surface area contributed by atoms with Crippen molar-refractivity contribution >= 4 is 11.9 Å². The van der Waals surface area contributed by atoms with E-state index in [4.69, 9.17) is 5.11 Å². The van der Waals surface area contributed by atoms with Crippen LogP contribution in [0.1, 0.15) is 52.4 Å². The Bertz CT molecular complexity index is 278. The van der Waals surface area contributed by atoms with Gasteiger partial charge in [0.15, 0.2) is 0 Å². The van der Waals surface area contributed by atoms with Gasteiger partial charge >= 0.3 is 5.97 Å². The van der Waals surface area contributed by atoms with Crippen LogP contribution in [0.3, 0.4) is 0 Å². The largest absolute Gasteiger partial charge is 0.481 e. The first-order valence-electron chi connectivity index (χ1n) is 6.58. The Morgan fingerprint density at radius 3 is 2.71 bits per heavy atom. The molecule has 1 heterocycles. The summed E-state index contributed by atoms with van der Waals surface area (Å²) in [5.74, 6) is -1.35. The number of hydrogen-bond donors (Lipinski definition) is 1. The highest BCUT2D eigenvalue weighted by molar-refractivity contribution is 5.86. The second-order valence-corrected chi connectivity index (χ2v) is 4.98. The summed E-state index contributed by atoms with van der Waals surface area (Å²) >= 11 is 0.